The van der Waals surface area contributed by atoms with Crippen LogP contribution in [0.1, 0.15) is 0 Å². The third-order valence-corrected chi connectivity index (χ3v) is 3.40. The van der Waals surface area contributed by atoms with Crippen LogP contribution >= 0.6 is 0 Å². The molecule has 0 atom stereocenters. The van der Waals surface area contributed by atoms with Crippen LogP contribution in [0.5, 0.6) is 5.75 Å². The van der Waals surface area contributed by atoms with Gasteiger partial charge in [0.25, 0.3) is 0 Å². The summed E-state index contributed by atoms with van der Waals surface area (Å²) in [6.07, 6.45) is 1.65. The molecule has 22 heavy (non-hydrogen) atoms. The quantitative estimate of drug-likeness (QED) is 0.870. The van der Waals surface area contributed by atoms with Gasteiger partial charge in [0.05, 0.1) is 13.3 Å². The van der Waals surface area contributed by atoms with Crippen molar-refractivity contribution in [1.29, 1.82) is 0 Å². The van der Waals surface area contributed by atoms with E-state index in [1.165, 1.54) is 12.5 Å². The molecule has 1 aliphatic heterocycles. The molecule has 6 heteroatoms. The highest BCUT2D eigenvalue weighted by atomic mass is 16.5. The zero-order chi connectivity index (χ0) is 15.5. The molecule has 1 aliphatic rings. The highest BCUT2D eigenvalue weighted by molar-refractivity contribution is 5.87. The zero-order valence-electron chi connectivity index (χ0n) is 12.4. The first-order chi connectivity index (χ1) is 10.7. The Bertz CT molecular complexity index is 729. The minimum atomic E-state index is -0.400. The van der Waals surface area contributed by atoms with E-state index in [1.54, 1.807) is 23.3 Å². The van der Waals surface area contributed by atoms with Crippen molar-refractivity contribution in [3.05, 3.63) is 54.4 Å². The minimum Gasteiger partial charge on any atom is -0.472 e. The van der Waals surface area contributed by atoms with E-state index in [9.17, 15) is 4.79 Å². The Labute approximate surface area is 128 Å². The number of fused-ring (bicyclic) bond motifs is 1. The van der Waals surface area contributed by atoms with Crippen LogP contribution in [0.15, 0.2) is 54.4 Å². The van der Waals surface area contributed by atoms with Crippen molar-refractivity contribution < 1.29 is 14.3 Å². The lowest BCUT2D eigenvalue weighted by Crippen LogP contribution is -2.40. The van der Waals surface area contributed by atoms with Gasteiger partial charge < -0.3 is 9.47 Å². The predicted octanol–water partition coefficient (Wildman–Crippen LogP) is 1.86. The monoisotopic (exact) mass is 299 g/mol. The fraction of sp³-hybridized carbons (Fsp3) is 0.188. The number of methoxy groups -OCH3 is 1. The van der Waals surface area contributed by atoms with Gasteiger partial charge >= 0.3 is 5.97 Å². The summed E-state index contributed by atoms with van der Waals surface area (Å²) in [6, 6.07) is 14.0. The van der Waals surface area contributed by atoms with Crippen LogP contribution in [-0.2, 0) is 9.53 Å². The van der Waals surface area contributed by atoms with Gasteiger partial charge in [-0.25, -0.2) is 4.79 Å². The van der Waals surface area contributed by atoms with E-state index in [0.717, 1.165) is 11.1 Å². The fourth-order valence-electron chi connectivity index (χ4n) is 2.27. The minimum absolute atomic E-state index is 0.267. The number of nitrogens with zero attached hydrogens (tertiary/aromatic N) is 2. The summed E-state index contributed by atoms with van der Waals surface area (Å²) in [6.45, 7) is 0.267. The summed E-state index contributed by atoms with van der Waals surface area (Å²) in [5, 5.41) is 5.54. The topological polar surface area (TPSA) is 54.0 Å². The molecule has 2 aromatic carbocycles. The lowest BCUT2D eigenvalue weighted by molar-refractivity contribution is -0.138. The zero-order valence-corrected chi connectivity index (χ0v) is 12.4. The lowest BCUT2D eigenvalue weighted by atomic mass is 10.1. The van der Waals surface area contributed by atoms with Crippen molar-refractivity contribution in [3.8, 4) is 5.75 Å². The van der Waals surface area contributed by atoms with E-state index in [-0.39, 0.29) is 6.73 Å². The average Bonchev–Trinajstić information content (AvgIpc) is 2.93. The first kappa shape index (κ1) is 14.2. The van der Waals surface area contributed by atoms with Crippen LogP contribution in [0.2, 0.25) is 0 Å². The number of likely N-dealkylation sites (N-methyl/N-ethyl adjacent to an activating group) is 1. The summed E-state index contributed by atoms with van der Waals surface area (Å²) in [7, 11) is 3.09. The molecule has 0 spiro atoms. The number of carbonyl (C=O) groups is 1. The Hall–Kier alpha value is -2.73. The Morgan fingerprint density at radius 2 is 1.95 bits per heavy atom. The van der Waals surface area contributed by atoms with Crippen molar-refractivity contribution >= 4 is 16.7 Å². The molecule has 3 rings (SSSR count). The number of hydrazine groups is 2. The molecular formula is C16H17N3O3. The Morgan fingerprint density at radius 3 is 2.73 bits per heavy atom. The first-order valence-corrected chi connectivity index (χ1v) is 6.86. The van der Waals surface area contributed by atoms with Crippen LogP contribution in [0.3, 0.4) is 0 Å². The van der Waals surface area contributed by atoms with Gasteiger partial charge in [-0.2, -0.15) is 0 Å². The molecule has 0 saturated carbocycles. The second-order valence-electron chi connectivity index (χ2n) is 4.92. The van der Waals surface area contributed by atoms with Crippen LogP contribution in [-0.4, -0.2) is 36.9 Å². The first-order valence-electron chi connectivity index (χ1n) is 6.86. The van der Waals surface area contributed by atoms with Gasteiger partial charge in [-0.1, -0.05) is 30.3 Å². The van der Waals surface area contributed by atoms with E-state index in [2.05, 4.69) is 11.6 Å². The van der Waals surface area contributed by atoms with Gasteiger partial charge in [-0.05, 0) is 22.9 Å². The molecule has 114 valence electrons. The molecular weight excluding hydrogens is 282 g/mol. The summed E-state index contributed by atoms with van der Waals surface area (Å²) in [4.78, 5) is 11.6. The lowest BCUT2D eigenvalue weighted by Gasteiger charge is -2.20. The number of rotatable bonds is 4. The maximum absolute atomic E-state index is 11.6. The molecule has 0 aliphatic carbocycles. The Morgan fingerprint density at radius 1 is 1.18 bits per heavy atom. The van der Waals surface area contributed by atoms with Gasteiger partial charge in [-0.15, -0.1) is 5.53 Å². The van der Waals surface area contributed by atoms with Gasteiger partial charge in [0.2, 0.25) is 0 Å². The second kappa shape index (κ2) is 5.95. The summed E-state index contributed by atoms with van der Waals surface area (Å²) in [5.74, 6) is 0.367. The van der Waals surface area contributed by atoms with E-state index < -0.39 is 5.97 Å². The molecule has 0 unspecified atom stereocenters. The highest BCUT2D eigenvalue weighted by Crippen LogP contribution is 2.21. The number of hydrogen-bond acceptors (Lipinski definition) is 6. The molecule has 0 saturated heterocycles. The van der Waals surface area contributed by atoms with E-state index in [4.69, 9.17) is 9.47 Å². The van der Waals surface area contributed by atoms with Crippen LogP contribution in [0, 0.1) is 0 Å². The highest BCUT2D eigenvalue weighted by Gasteiger charge is 2.23. The van der Waals surface area contributed by atoms with Crippen LogP contribution in [0.25, 0.3) is 10.8 Å². The number of benzene rings is 2. The molecule has 6 nitrogen and oxygen atoms in total. The molecule has 0 aromatic heterocycles. The number of esters is 1. The Balaban J connectivity index is 1.67. The van der Waals surface area contributed by atoms with E-state index >= 15 is 0 Å². The predicted molar refractivity (Wildman–Crippen MR) is 82.3 cm³/mol. The second-order valence-corrected chi connectivity index (χ2v) is 4.92. The van der Waals surface area contributed by atoms with Gasteiger partial charge in [0, 0.05) is 7.05 Å². The molecule has 0 fully saturated rings. The largest absolute Gasteiger partial charge is 0.472 e. The summed E-state index contributed by atoms with van der Waals surface area (Å²) < 4.78 is 10.5. The van der Waals surface area contributed by atoms with Crippen molar-refractivity contribution in [2.24, 2.45) is 0 Å². The standard InChI is InChI=1S/C16H17N3O3/c1-18-15(16(20)21-2)10-19(17-18)11-22-14-8-7-12-5-3-4-6-13(12)9-14/h3-10,17H,11H2,1-2H3. The molecule has 1 heterocycles. The number of ether oxygens (including phenoxy) is 2. The van der Waals surface area contributed by atoms with Crippen LogP contribution < -0.4 is 10.3 Å². The van der Waals surface area contributed by atoms with Gasteiger partial charge in [-0.3, -0.25) is 10.0 Å². The maximum Gasteiger partial charge on any atom is 0.357 e. The molecule has 0 bridgehead atoms. The van der Waals surface area contributed by atoms with E-state index in [0.29, 0.717) is 5.70 Å². The van der Waals surface area contributed by atoms with E-state index in [1.807, 2.05) is 36.4 Å². The fourth-order valence-corrected chi connectivity index (χ4v) is 2.27. The van der Waals surface area contributed by atoms with Crippen molar-refractivity contribution in [3.63, 3.8) is 0 Å². The van der Waals surface area contributed by atoms with Crippen molar-refractivity contribution in [2.75, 3.05) is 20.9 Å². The SMILES string of the molecule is COC(=O)C1=CN(COc2ccc3ccccc3c2)NN1C. The number of nitrogens with one attached hydrogen (secondary N) is 1. The van der Waals surface area contributed by atoms with Gasteiger partial charge in [0.1, 0.15) is 5.75 Å². The van der Waals surface area contributed by atoms with Gasteiger partial charge in [0.15, 0.2) is 12.4 Å². The smallest absolute Gasteiger partial charge is 0.357 e. The van der Waals surface area contributed by atoms with Crippen molar-refractivity contribution in [2.45, 2.75) is 0 Å². The third-order valence-electron chi connectivity index (χ3n) is 3.40. The number of hydrogen-bond donors (Lipinski definition) is 1. The molecule has 0 amide bonds. The molecule has 2 aromatic rings. The number of carbonyl (C=O) groups excluding carboxylic acids is 1. The van der Waals surface area contributed by atoms with Crippen molar-refractivity contribution in [1.82, 2.24) is 15.6 Å². The van der Waals surface area contributed by atoms with Crippen LogP contribution in [0.4, 0.5) is 0 Å². The third kappa shape index (κ3) is 2.82. The Kier molecular flexibility index (Phi) is 3.84. The summed E-state index contributed by atoms with van der Waals surface area (Å²) >= 11 is 0. The summed E-state index contributed by atoms with van der Waals surface area (Å²) in [5.41, 5.74) is 3.40. The maximum atomic E-state index is 11.6. The average molecular weight is 299 g/mol. The molecule has 1 N–H and O–H groups in total. The normalized spacial score (nSPS) is 14.2. The molecule has 0 radical (unpaired) electrons.